The summed E-state index contributed by atoms with van der Waals surface area (Å²) in [5.41, 5.74) is 7.17. The molecular weight excluding hydrogens is 492 g/mol. The van der Waals surface area contributed by atoms with Crippen LogP contribution in [0.4, 0.5) is 5.95 Å². The molecule has 4 N–H and O–H groups in total. The summed E-state index contributed by atoms with van der Waals surface area (Å²) < 4.78 is 7.42. The zero-order valence-electron chi connectivity index (χ0n) is 18.3. The zero-order valence-corrected chi connectivity index (χ0v) is 19.9. The van der Waals surface area contributed by atoms with Crippen molar-refractivity contribution in [2.45, 2.75) is 32.2 Å². The second-order valence-electron chi connectivity index (χ2n) is 7.59. The third-order valence-corrected chi connectivity index (χ3v) is 5.73. The average Bonchev–Trinajstić information content (AvgIpc) is 3.15. The van der Waals surface area contributed by atoms with Crippen LogP contribution in [0.25, 0.3) is 11.0 Å². The maximum Gasteiger partial charge on any atom is 0.340 e. The summed E-state index contributed by atoms with van der Waals surface area (Å²) in [6.45, 7) is 2.54. The van der Waals surface area contributed by atoms with E-state index >= 15 is 0 Å². The van der Waals surface area contributed by atoms with Crippen molar-refractivity contribution in [2.24, 2.45) is 5.73 Å². The highest BCUT2D eigenvalue weighted by molar-refractivity contribution is 9.10. The van der Waals surface area contributed by atoms with E-state index in [4.69, 9.17) is 10.5 Å². The molecule has 1 aromatic heterocycles. The van der Waals surface area contributed by atoms with Crippen LogP contribution in [0.5, 0.6) is 0 Å². The van der Waals surface area contributed by atoms with Crippen molar-refractivity contribution < 1.29 is 24.2 Å². The fraction of sp³-hybridized carbons (Fsp3) is 0.304. The molecule has 1 atom stereocenters. The number of nitrogens with two attached hydrogens (primary N) is 1. The average molecular weight is 517 g/mol. The van der Waals surface area contributed by atoms with Crippen LogP contribution in [0, 0.1) is 0 Å². The standard InChI is InChI=1S/C23H25BrN4O5/c1-13(6-3-4-9-25)28-19-17(22(32)33-2)11-16(24)12-18(19)26-23(28)27-20(29)14-7-5-8-15(10-14)21(30)31/h5,7-8,10-13H,3-4,6,9,25H2,1-2H3,(H,30,31)(H,26,27,29)/t13-/m0/s1. The normalized spacial score (nSPS) is 11.9. The molecule has 0 aliphatic carbocycles. The third kappa shape index (κ3) is 5.40. The summed E-state index contributed by atoms with van der Waals surface area (Å²) in [5.74, 6) is -1.91. The number of ether oxygens (including phenoxy) is 1. The molecular formula is C23H25BrN4O5. The number of carbonyl (C=O) groups is 3. The highest BCUT2D eigenvalue weighted by atomic mass is 79.9. The Morgan fingerprint density at radius 3 is 2.61 bits per heavy atom. The van der Waals surface area contributed by atoms with E-state index in [9.17, 15) is 19.5 Å². The minimum atomic E-state index is -1.13. The Balaban J connectivity index is 2.10. The second kappa shape index (κ2) is 10.6. The number of imidazole rings is 1. The molecule has 0 radical (unpaired) electrons. The lowest BCUT2D eigenvalue weighted by Gasteiger charge is -2.19. The van der Waals surface area contributed by atoms with Gasteiger partial charge in [0.1, 0.15) is 0 Å². The van der Waals surface area contributed by atoms with Gasteiger partial charge in [0.25, 0.3) is 5.91 Å². The summed E-state index contributed by atoms with van der Waals surface area (Å²) in [5, 5.41) is 12.0. The largest absolute Gasteiger partial charge is 0.478 e. The van der Waals surface area contributed by atoms with Crippen LogP contribution in [0.1, 0.15) is 63.3 Å². The number of aromatic carboxylic acids is 1. The number of carboxylic acid groups (broad SMARTS) is 1. The number of nitrogens with one attached hydrogen (secondary N) is 1. The number of fused-ring (bicyclic) bond motifs is 1. The molecule has 0 aliphatic heterocycles. The first-order valence-corrected chi connectivity index (χ1v) is 11.2. The number of hydrogen-bond acceptors (Lipinski definition) is 6. The van der Waals surface area contributed by atoms with Crippen molar-refractivity contribution in [3.63, 3.8) is 0 Å². The van der Waals surface area contributed by atoms with E-state index in [0.29, 0.717) is 27.6 Å². The number of nitrogens with zero attached hydrogens (tertiary/aromatic N) is 2. The number of carbonyl (C=O) groups excluding carboxylic acids is 2. The van der Waals surface area contributed by atoms with Crippen molar-refractivity contribution in [2.75, 3.05) is 19.0 Å². The van der Waals surface area contributed by atoms with Crippen LogP contribution in [0.15, 0.2) is 40.9 Å². The molecule has 0 unspecified atom stereocenters. The Morgan fingerprint density at radius 2 is 1.94 bits per heavy atom. The molecule has 0 aliphatic rings. The van der Waals surface area contributed by atoms with Gasteiger partial charge in [-0.2, -0.15) is 0 Å². The first-order chi connectivity index (χ1) is 15.8. The van der Waals surface area contributed by atoms with Gasteiger partial charge in [0.2, 0.25) is 5.95 Å². The maximum absolute atomic E-state index is 13.0. The summed E-state index contributed by atoms with van der Waals surface area (Å²) >= 11 is 3.40. The zero-order chi connectivity index (χ0) is 24.1. The van der Waals surface area contributed by atoms with Crippen molar-refractivity contribution in [3.8, 4) is 0 Å². The smallest absolute Gasteiger partial charge is 0.340 e. The molecule has 1 heterocycles. The number of benzene rings is 2. The Morgan fingerprint density at radius 1 is 1.21 bits per heavy atom. The molecule has 1 amide bonds. The van der Waals surface area contributed by atoms with Gasteiger partial charge in [-0.15, -0.1) is 0 Å². The minimum absolute atomic E-state index is 0.00298. The van der Waals surface area contributed by atoms with Gasteiger partial charge < -0.3 is 20.1 Å². The van der Waals surface area contributed by atoms with Gasteiger partial charge in [0, 0.05) is 16.1 Å². The number of methoxy groups -OCH3 is 1. The van der Waals surface area contributed by atoms with E-state index in [1.807, 2.05) is 11.5 Å². The molecule has 2 aromatic carbocycles. The van der Waals surface area contributed by atoms with Crippen molar-refractivity contribution in [1.29, 1.82) is 0 Å². The predicted molar refractivity (Wildman–Crippen MR) is 128 cm³/mol. The van der Waals surface area contributed by atoms with E-state index in [-0.39, 0.29) is 23.1 Å². The molecule has 0 bridgehead atoms. The second-order valence-corrected chi connectivity index (χ2v) is 8.51. The quantitative estimate of drug-likeness (QED) is 0.286. The lowest BCUT2D eigenvalue weighted by atomic mass is 10.1. The van der Waals surface area contributed by atoms with Gasteiger partial charge in [0.05, 0.1) is 29.3 Å². The number of rotatable bonds is 9. The predicted octanol–water partition coefficient (Wildman–Crippen LogP) is 4.23. The minimum Gasteiger partial charge on any atom is -0.478 e. The highest BCUT2D eigenvalue weighted by Crippen LogP contribution is 2.32. The van der Waals surface area contributed by atoms with Crippen LogP contribution in [0.3, 0.4) is 0 Å². The van der Waals surface area contributed by atoms with Crippen LogP contribution in [0.2, 0.25) is 0 Å². The van der Waals surface area contributed by atoms with E-state index in [1.54, 1.807) is 12.1 Å². The van der Waals surface area contributed by atoms with Crippen molar-refractivity contribution in [3.05, 3.63) is 57.6 Å². The first-order valence-electron chi connectivity index (χ1n) is 10.4. The Labute approximate surface area is 199 Å². The van der Waals surface area contributed by atoms with Gasteiger partial charge in [-0.05, 0) is 56.6 Å². The summed E-state index contributed by atoms with van der Waals surface area (Å²) in [4.78, 5) is 41.3. The first kappa shape index (κ1) is 24.4. The molecule has 3 aromatic rings. The Hall–Kier alpha value is -3.24. The number of anilines is 1. The topological polar surface area (TPSA) is 137 Å². The van der Waals surface area contributed by atoms with Gasteiger partial charge in [-0.3, -0.25) is 10.1 Å². The van der Waals surface area contributed by atoms with E-state index in [2.05, 4.69) is 26.2 Å². The lowest BCUT2D eigenvalue weighted by molar-refractivity contribution is 0.0601. The number of halogens is 1. The van der Waals surface area contributed by atoms with Crippen molar-refractivity contribution >= 4 is 50.8 Å². The van der Waals surface area contributed by atoms with Crippen molar-refractivity contribution in [1.82, 2.24) is 9.55 Å². The number of carboxylic acids is 1. The Bertz CT molecular complexity index is 1210. The summed E-state index contributed by atoms with van der Waals surface area (Å²) in [6.07, 6.45) is 2.45. The van der Waals surface area contributed by atoms with Gasteiger partial charge in [-0.25, -0.2) is 14.6 Å². The van der Waals surface area contributed by atoms with Gasteiger partial charge in [0.15, 0.2) is 0 Å². The molecule has 174 valence electrons. The van der Waals surface area contributed by atoms with Gasteiger partial charge >= 0.3 is 11.9 Å². The number of hydrogen-bond donors (Lipinski definition) is 3. The molecule has 3 rings (SSSR count). The number of unbranched alkanes of at least 4 members (excludes halogenated alkanes) is 1. The fourth-order valence-electron chi connectivity index (χ4n) is 3.66. The van der Waals surface area contributed by atoms with Gasteiger partial charge in [-0.1, -0.05) is 28.4 Å². The monoisotopic (exact) mass is 516 g/mol. The van der Waals surface area contributed by atoms with E-state index in [1.165, 1.54) is 31.4 Å². The van der Waals surface area contributed by atoms with Crippen LogP contribution >= 0.6 is 15.9 Å². The number of aromatic nitrogens is 2. The molecule has 9 nitrogen and oxygen atoms in total. The van der Waals surface area contributed by atoms with Crippen LogP contribution in [-0.4, -0.2) is 46.2 Å². The molecule has 0 spiro atoms. The molecule has 0 saturated carbocycles. The molecule has 0 saturated heterocycles. The molecule has 0 fully saturated rings. The highest BCUT2D eigenvalue weighted by Gasteiger charge is 2.24. The summed E-state index contributed by atoms with van der Waals surface area (Å²) in [6, 6.07) is 9.03. The van der Waals surface area contributed by atoms with Crippen LogP contribution in [-0.2, 0) is 4.74 Å². The number of esters is 1. The number of amides is 1. The molecule has 10 heteroatoms. The fourth-order valence-corrected chi connectivity index (χ4v) is 4.11. The van der Waals surface area contributed by atoms with E-state index < -0.39 is 17.8 Å². The van der Waals surface area contributed by atoms with E-state index in [0.717, 1.165) is 19.3 Å². The SMILES string of the molecule is COC(=O)c1cc(Br)cc2nc(NC(=O)c3cccc(C(=O)O)c3)n([C@@H](C)CCCCN)c12. The third-order valence-electron chi connectivity index (χ3n) is 5.27. The van der Waals surface area contributed by atoms with Crippen LogP contribution < -0.4 is 11.1 Å². The Kier molecular flexibility index (Phi) is 7.83. The lowest BCUT2D eigenvalue weighted by Crippen LogP contribution is -2.19. The summed E-state index contributed by atoms with van der Waals surface area (Å²) in [7, 11) is 1.30. The molecule has 33 heavy (non-hydrogen) atoms. The maximum atomic E-state index is 13.0.